The highest BCUT2D eigenvalue weighted by Crippen LogP contribution is 2.19. The van der Waals surface area contributed by atoms with E-state index < -0.39 is 0 Å². The fourth-order valence-corrected chi connectivity index (χ4v) is 2.44. The first-order valence-electron chi connectivity index (χ1n) is 7.63. The maximum absolute atomic E-state index is 5.30. The summed E-state index contributed by atoms with van der Waals surface area (Å²) in [6.07, 6.45) is 6.45. The maximum atomic E-state index is 5.30. The van der Waals surface area contributed by atoms with E-state index in [1.165, 1.54) is 31.2 Å². The highest BCUT2D eigenvalue weighted by molar-refractivity contribution is 5.28. The summed E-state index contributed by atoms with van der Waals surface area (Å²) in [5.41, 5.74) is 1.39. The highest BCUT2D eigenvalue weighted by Gasteiger charge is 2.09. The molecule has 1 aromatic carbocycles. The van der Waals surface area contributed by atoms with E-state index in [2.05, 4.69) is 37.4 Å². The number of methoxy groups -OCH3 is 1. The van der Waals surface area contributed by atoms with Crippen LogP contribution in [0.25, 0.3) is 0 Å². The molecule has 0 heterocycles. The Hall–Kier alpha value is -1.02. The van der Waals surface area contributed by atoms with Crippen molar-refractivity contribution < 1.29 is 4.74 Å². The minimum atomic E-state index is 0.735. The van der Waals surface area contributed by atoms with Gasteiger partial charge in [0.15, 0.2) is 0 Å². The van der Waals surface area contributed by atoms with Gasteiger partial charge in [-0.1, -0.05) is 45.2 Å². The quantitative estimate of drug-likeness (QED) is 0.643. The molecule has 0 aromatic heterocycles. The number of ether oxygens (including phenoxy) is 1. The van der Waals surface area contributed by atoms with Gasteiger partial charge in [-0.3, -0.25) is 0 Å². The Labute approximate surface area is 118 Å². The van der Waals surface area contributed by atoms with Gasteiger partial charge in [-0.05, 0) is 49.5 Å². The Morgan fingerprint density at radius 1 is 1.21 bits per heavy atom. The molecule has 0 bridgehead atoms. The van der Waals surface area contributed by atoms with Crippen LogP contribution in [0.5, 0.6) is 5.75 Å². The minimum absolute atomic E-state index is 0.735. The molecule has 0 aliphatic rings. The van der Waals surface area contributed by atoms with E-state index in [0.717, 1.165) is 31.2 Å². The van der Waals surface area contributed by atoms with Gasteiger partial charge < -0.3 is 10.1 Å². The zero-order valence-corrected chi connectivity index (χ0v) is 12.7. The first kappa shape index (κ1) is 16.0. The van der Waals surface area contributed by atoms with E-state index >= 15 is 0 Å². The summed E-state index contributed by atoms with van der Waals surface area (Å²) in [6.45, 7) is 6.62. The van der Waals surface area contributed by atoms with E-state index in [-0.39, 0.29) is 0 Å². The highest BCUT2D eigenvalue weighted by atomic mass is 16.5. The first-order valence-corrected chi connectivity index (χ1v) is 7.63. The molecule has 1 N–H and O–H groups in total. The number of unbranched alkanes of at least 4 members (excludes halogenated alkanes) is 2. The van der Waals surface area contributed by atoms with Crippen LogP contribution in [0.15, 0.2) is 24.3 Å². The van der Waals surface area contributed by atoms with Crippen LogP contribution in [0.3, 0.4) is 0 Å². The van der Waals surface area contributed by atoms with Gasteiger partial charge in [-0.15, -0.1) is 0 Å². The van der Waals surface area contributed by atoms with Crippen molar-refractivity contribution in [2.75, 3.05) is 20.2 Å². The second kappa shape index (κ2) is 9.85. The maximum Gasteiger partial charge on any atom is 0.119 e. The van der Waals surface area contributed by atoms with Crippen LogP contribution in [0.4, 0.5) is 0 Å². The summed E-state index contributed by atoms with van der Waals surface area (Å²) in [5, 5.41) is 3.49. The predicted molar refractivity (Wildman–Crippen MR) is 82.9 cm³/mol. The van der Waals surface area contributed by atoms with E-state index in [1.54, 1.807) is 7.11 Å². The summed E-state index contributed by atoms with van der Waals surface area (Å²) < 4.78 is 5.30. The number of hydrogen-bond donors (Lipinski definition) is 1. The molecule has 19 heavy (non-hydrogen) atoms. The molecule has 1 unspecified atom stereocenters. The van der Waals surface area contributed by atoms with Gasteiger partial charge in [0, 0.05) is 0 Å². The van der Waals surface area contributed by atoms with Crippen molar-refractivity contribution in [2.45, 2.75) is 46.0 Å². The molecule has 0 aliphatic carbocycles. The normalized spacial score (nSPS) is 12.4. The Bertz CT molecular complexity index is 338. The molecule has 0 fully saturated rings. The lowest BCUT2D eigenvalue weighted by atomic mass is 9.93. The fraction of sp³-hybridized carbons (Fsp3) is 0.647. The molecule has 2 nitrogen and oxygen atoms in total. The molecule has 0 amide bonds. The number of hydrogen-bond acceptors (Lipinski definition) is 2. The third-order valence-corrected chi connectivity index (χ3v) is 3.56. The van der Waals surface area contributed by atoms with Crippen molar-refractivity contribution >= 4 is 0 Å². The lowest BCUT2D eigenvalue weighted by Crippen LogP contribution is -2.24. The Morgan fingerprint density at radius 3 is 2.74 bits per heavy atom. The van der Waals surface area contributed by atoms with Crippen LogP contribution in [0, 0.1) is 5.92 Å². The first-order chi connectivity index (χ1) is 9.30. The zero-order valence-electron chi connectivity index (χ0n) is 12.7. The molecule has 108 valence electrons. The van der Waals surface area contributed by atoms with Crippen LogP contribution in [-0.2, 0) is 6.42 Å². The summed E-state index contributed by atoms with van der Waals surface area (Å²) in [4.78, 5) is 0. The smallest absolute Gasteiger partial charge is 0.119 e. The largest absolute Gasteiger partial charge is 0.497 e. The Kier molecular flexibility index (Phi) is 8.31. The van der Waals surface area contributed by atoms with E-state index in [1.807, 2.05) is 6.07 Å². The van der Waals surface area contributed by atoms with Crippen molar-refractivity contribution in [1.29, 1.82) is 0 Å². The zero-order chi connectivity index (χ0) is 13.9. The third kappa shape index (κ3) is 6.63. The summed E-state index contributed by atoms with van der Waals surface area (Å²) in [5.74, 6) is 1.70. The molecule has 0 spiro atoms. The van der Waals surface area contributed by atoms with Crippen LogP contribution in [0.1, 0.15) is 45.1 Å². The van der Waals surface area contributed by atoms with Crippen molar-refractivity contribution in [3.05, 3.63) is 29.8 Å². The molecule has 0 saturated carbocycles. The van der Waals surface area contributed by atoms with Crippen LogP contribution < -0.4 is 10.1 Å². The van der Waals surface area contributed by atoms with Crippen molar-refractivity contribution in [3.8, 4) is 5.75 Å². The van der Waals surface area contributed by atoms with Crippen LogP contribution >= 0.6 is 0 Å². The van der Waals surface area contributed by atoms with Crippen molar-refractivity contribution in [1.82, 2.24) is 5.32 Å². The average Bonchev–Trinajstić information content (AvgIpc) is 2.45. The van der Waals surface area contributed by atoms with Gasteiger partial charge in [0.1, 0.15) is 5.75 Å². The van der Waals surface area contributed by atoms with Gasteiger partial charge in [0.25, 0.3) is 0 Å². The van der Waals surface area contributed by atoms with Crippen molar-refractivity contribution in [3.63, 3.8) is 0 Å². The molecular weight excluding hydrogens is 234 g/mol. The van der Waals surface area contributed by atoms with E-state index in [0.29, 0.717) is 0 Å². The Morgan fingerprint density at radius 2 is 2.05 bits per heavy atom. The van der Waals surface area contributed by atoms with Crippen LogP contribution in [0.2, 0.25) is 0 Å². The van der Waals surface area contributed by atoms with Gasteiger partial charge in [0.05, 0.1) is 7.11 Å². The SMILES string of the molecule is CCCCCC(CNCC)Cc1cccc(OC)c1. The lowest BCUT2D eigenvalue weighted by molar-refractivity contribution is 0.410. The molecule has 2 heteroatoms. The molecular formula is C17H29NO. The van der Waals surface area contributed by atoms with Gasteiger partial charge in [-0.25, -0.2) is 0 Å². The van der Waals surface area contributed by atoms with E-state index in [4.69, 9.17) is 4.74 Å². The van der Waals surface area contributed by atoms with Crippen LogP contribution in [-0.4, -0.2) is 20.2 Å². The second-order valence-corrected chi connectivity index (χ2v) is 5.23. The molecule has 1 rings (SSSR count). The van der Waals surface area contributed by atoms with E-state index in [9.17, 15) is 0 Å². The predicted octanol–water partition coefficient (Wildman–Crippen LogP) is 4.04. The Balaban J connectivity index is 2.53. The standard InChI is InChI=1S/C17H29NO/c1-4-6-7-9-16(14-18-5-2)12-15-10-8-11-17(13-15)19-3/h8,10-11,13,16,18H,4-7,9,12,14H2,1-3H3. The monoisotopic (exact) mass is 263 g/mol. The van der Waals surface area contributed by atoms with Crippen molar-refractivity contribution in [2.24, 2.45) is 5.92 Å². The summed E-state index contributed by atoms with van der Waals surface area (Å²) >= 11 is 0. The number of rotatable bonds is 10. The summed E-state index contributed by atoms with van der Waals surface area (Å²) in [7, 11) is 1.73. The lowest BCUT2D eigenvalue weighted by Gasteiger charge is -2.17. The molecule has 1 aromatic rings. The number of benzene rings is 1. The number of nitrogens with one attached hydrogen (secondary N) is 1. The average molecular weight is 263 g/mol. The van der Waals surface area contributed by atoms with Gasteiger partial charge >= 0.3 is 0 Å². The fourth-order valence-electron chi connectivity index (χ4n) is 2.44. The molecule has 0 radical (unpaired) electrons. The minimum Gasteiger partial charge on any atom is -0.497 e. The second-order valence-electron chi connectivity index (χ2n) is 5.23. The topological polar surface area (TPSA) is 21.3 Å². The summed E-state index contributed by atoms with van der Waals surface area (Å²) in [6, 6.07) is 8.48. The molecule has 1 atom stereocenters. The van der Waals surface area contributed by atoms with Gasteiger partial charge in [-0.2, -0.15) is 0 Å². The third-order valence-electron chi connectivity index (χ3n) is 3.56. The molecule has 0 saturated heterocycles. The molecule has 0 aliphatic heterocycles. The van der Waals surface area contributed by atoms with Gasteiger partial charge in [0.2, 0.25) is 0 Å².